The molecule has 6 heteroatoms. The second-order valence-corrected chi connectivity index (χ2v) is 5.38. The molecule has 0 atom stereocenters. The fourth-order valence-electron chi connectivity index (χ4n) is 1.23. The molecule has 4 nitrogen and oxygen atoms in total. The maximum Gasteiger partial charge on any atom is 0.243 e. The molecule has 1 aromatic rings. The molecule has 0 fully saturated rings. The summed E-state index contributed by atoms with van der Waals surface area (Å²) >= 11 is 0. The van der Waals surface area contributed by atoms with E-state index in [9.17, 15) is 12.8 Å². The molecule has 0 heterocycles. The van der Waals surface area contributed by atoms with Crippen LogP contribution in [-0.2, 0) is 16.6 Å². The molecule has 0 aromatic heterocycles. The van der Waals surface area contributed by atoms with Gasteiger partial charge in [0, 0.05) is 6.04 Å². The van der Waals surface area contributed by atoms with Gasteiger partial charge in [-0.2, -0.15) is 0 Å². The molecule has 0 bridgehead atoms. The van der Waals surface area contributed by atoms with Gasteiger partial charge in [0.15, 0.2) is 0 Å². The number of halogens is 1. The van der Waals surface area contributed by atoms with Gasteiger partial charge in [-0.05, 0) is 31.5 Å². The van der Waals surface area contributed by atoms with Crippen LogP contribution >= 0.6 is 0 Å². The Bertz CT molecular complexity index is 471. The molecule has 0 aliphatic heterocycles. The standard InChI is InChI=1S/C10H14FNO3S/c1-7(2)12-16(14,15)10-5-8(6-13)3-4-9(10)11/h3-5,7,12-13H,6H2,1-2H3. The highest BCUT2D eigenvalue weighted by atomic mass is 32.2. The van der Waals surface area contributed by atoms with Crippen LogP contribution < -0.4 is 4.72 Å². The van der Waals surface area contributed by atoms with Gasteiger partial charge in [-0.1, -0.05) is 6.07 Å². The van der Waals surface area contributed by atoms with Gasteiger partial charge < -0.3 is 5.11 Å². The Kier molecular flexibility index (Phi) is 4.01. The van der Waals surface area contributed by atoms with E-state index in [-0.39, 0.29) is 12.6 Å². The summed E-state index contributed by atoms with van der Waals surface area (Å²) in [4.78, 5) is -0.437. The molecule has 0 saturated heterocycles. The van der Waals surface area contributed by atoms with Gasteiger partial charge in [0.05, 0.1) is 6.61 Å². The number of aliphatic hydroxyl groups is 1. The largest absolute Gasteiger partial charge is 0.392 e. The average Bonchev–Trinajstić information content (AvgIpc) is 2.16. The van der Waals surface area contributed by atoms with Gasteiger partial charge in [-0.25, -0.2) is 17.5 Å². The van der Waals surface area contributed by atoms with E-state index in [4.69, 9.17) is 5.11 Å². The summed E-state index contributed by atoms with van der Waals surface area (Å²) < 4.78 is 39.0. The normalized spacial score (nSPS) is 12.1. The van der Waals surface area contributed by atoms with Crippen molar-refractivity contribution in [3.63, 3.8) is 0 Å². The number of benzene rings is 1. The number of sulfonamides is 1. The van der Waals surface area contributed by atoms with E-state index in [0.717, 1.165) is 12.1 Å². The Balaban J connectivity index is 3.21. The topological polar surface area (TPSA) is 66.4 Å². The maximum atomic E-state index is 13.4. The van der Waals surface area contributed by atoms with E-state index in [1.54, 1.807) is 13.8 Å². The van der Waals surface area contributed by atoms with Crippen LogP contribution in [0.25, 0.3) is 0 Å². The Morgan fingerprint density at radius 1 is 1.44 bits per heavy atom. The lowest BCUT2D eigenvalue weighted by molar-refractivity contribution is 0.281. The minimum Gasteiger partial charge on any atom is -0.392 e. The van der Waals surface area contributed by atoms with Crippen molar-refractivity contribution in [1.82, 2.24) is 4.72 Å². The predicted molar refractivity (Wildman–Crippen MR) is 57.8 cm³/mol. The zero-order chi connectivity index (χ0) is 12.3. The SMILES string of the molecule is CC(C)NS(=O)(=O)c1cc(CO)ccc1F. The van der Waals surface area contributed by atoms with Crippen LogP contribution in [0, 0.1) is 5.82 Å². The molecule has 0 spiro atoms. The lowest BCUT2D eigenvalue weighted by atomic mass is 10.2. The summed E-state index contributed by atoms with van der Waals surface area (Å²) in [7, 11) is -3.86. The van der Waals surface area contributed by atoms with E-state index < -0.39 is 20.7 Å². The third-order valence-electron chi connectivity index (χ3n) is 1.86. The lowest BCUT2D eigenvalue weighted by Crippen LogP contribution is -2.30. The molecular weight excluding hydrogens is 233 g/mol. The van der Waals surface area contributed by atoms with Gasteiger partial charge in [0.1, 0.15) is 10.7 Å². The number of aliphatic hydroxyl groups excluding tert-OH is 1. The zero-order valence-corrected chi connectivity index (χ0v) is 9.88. The van der Waals surface area contributed by atoms with E-state index >= 15 is 0 Å². The molecule has 0 aliphatic carbocycles. The summed E-state index contributed by atoms with van der Waals surface area (Å²) in [6.07, 6.45) is 0. The Morgan fingerprint density at radius 2 is 2.06 bits per heavy atom. The van der Waals surface area contributed by atoms with E-state index in [1.165, 1.54) is 6.07 Å². The summed E-state index contributed by atoms with van der Waals surface area (Å²) in [5.74, 6) is -0.828. The summed E-state index contributed by atoms with van der Waals surface area (Å²) in [6.45, 7) is 2.96. The summed E-state index contributed by atoms with van der Waals surface area (Å²) in [5, 5.41) is 8.86. The Labute approximate surface area is 94.2 Å². The smallest absolute Gasteiger partial charge is 0.243 e. The van der Waals surface area contributed by atoms with E-state index in [0.29, 0.717) is 5.56 Å². The molecule has 0 saturated carbocycles. The third kappa shape index (κ3) is 3.01. The van der Waals surface area contributed by atoms with Crippen molar-refractivity contribution in [2.45, 2.75) is 31.4 Å². The first-order valence-corrected chi connectivity index (χ1v) is 6.26. The predicted octanol–water partition coefficient (Wildman–Crippen LogP) is 1.00. The molecule has 1 aromatic carbocycles. The van der Waals surface area contributed by atoms with Gasteiger partial charge in [0.2, 0.25) is 10.0 Å². The fraction of sp³-hybridized carbons (Fsp3) is 0.400. The fourth-order valence-corrected chi connectivity index (χ4v) is 2.60. The summed E-state index contributed by atoms with van der Waals surface area (Å²) in [5.41, 5.74) is 0.352. The van der Waals surface area contributed by atoms with Crippen molar-refractivity contribution < 1.29 is 17.9 Å². The number of rotatable bonds is 4. The molecule has 16 heavy (non-hydrogen) atoms. The first kappa shape index (κ1) is 13.1. The molecule has 0 amide bonds. The number of hydrogen-bond donors (Lipinski definition) is 2. The van der Waals surface area contributed by atoms with E-state index in [1.807, 2.05) is 0 Å². The van der Waals surface area contributed by atoms with Gasteiger partial charge >= 0.3 is 0 Å². The lowest BCUT2D eigenvalue weighted by Gasteiger charge is -2.11. The first-order valence-electron chi connectivity index (χ1n) is 4.78. The van der Waals surface area contributed by atoms with Crippen LogP contribution in [0.15, 0.2) is 23.1 Å². The number of nitrogens with one attached hydrogen (secondary N) is 1. The van der Waals surface area contributed by atoms with Gasteiger partial charge in [-0.3, -0.25) is 0 Å². The van der Waals surface area contributed by atoms with Crippen LogP contribution in [0.1, 0.15) is 19.4 Å². The molecule has 90 valence electrons. The zero-order valence-electron chi connectivity index (χ0n) is 9.07. The second kappa shape index (κ2) is 4.90. The molecule has 2 N–H and O–H groups in total. The number of hydrogen-bond acceptors (Lipinski definition) is 3. The molecule has 0 radical (unpaired) electrons. The van der Waals surface area contributed by atoms with Crippen molar-refractivity contribution >= 4 is 10.0 Å². The quantitative estimate of drug-likeness (QED) is 0.834. The highest BCUT2D eigenvalue weighted by molar-refractivity contribution is 7.89. The monoisotopic (exact) mass is 247 g/mol. The summed E-state index contributed by atoms with van der Waals surface area (Å²) in [6, 6.07) is 3.17. The second-order valence-electron chi connectivity index (χ2n) is 3.70. The van der Waals surface area contributed by atoms with Crippen LogP contribution in [0.2, 0.25) is 0 Å². The molecular formula is C10H14FNO3S. The maximum absolute atomic E-state index is 13.4. The van der Waals surface area contributed by atoms with Gasteiger partial charge in [-0.15, -0.1) is 0 Å². The van der Waals surface area contributed by atoms with Crippen molar-refractivity contribution in [1.29, 1.82) is 0 Å². The van der Waals surface area contributed by atoms with Crippen LogP contribution in [-0.4, -0.2) is 19.6 Å². The minimum absolute atomic E-state index is 0.317. The van der Waals surface area contributed by atoms with Crippen LogP contribution in [0.5, 0.6) is 0 Å². The molecule has 1 rings (SSSR count). The third-order valence-corrected chi connectivity index (χ3v) is 3.53. The van der Waals surface area contributed by atoms with Crippen molar-refractivity contribution in [3.8, 4) is 0 Å². The van der Waals surface area contributed by atoms with Crippen molar-refractivity contribution in [2.75, 3.05) is 0 Å². The minimum atomic E-state index is -3.86. The van der Waals surface area contributed by atoms with Crippen LogP contribution in [0.4, 0.5) is 4.39 Å². The van der Waals surface area contributed by atoms with Crippen molar-refractivity contribution in [2.24, 2.45) is 0 Å². The highest BCUT2D eigenvalue weighted by Gasteiger charge is 2.20. The van der Waals surface area contributed by atoms with Crippen LogP contribution in [0.3, 0.4) is 0 Å². The Hall–Kier alpha value is -0.980. The first-order chi connectivity index (χ1) is 7.36. The van der Waals surface area contributed by atoms with E-state index in [2.05, 4.69) is 4.72 Å². The average molecular weight is 247 g/mol. The molecule has 0 unspecified atom stereocenters. The van der Waals surface area contributed by atoms with Gasteiger partial charge in [0.25, 0.3) is 0 Å². The molecule has 0 aliphatic rings. The Morgan fingerprint density at radius 3 is 2.56 bits per heavy atom. The highest BCUT2D eigenvalue weighted by Crippen LogP contribution is 2.16. The van der Waals surface area contributed by atoms with Crippen molar-refractivity contribution in [3.05, 3.63) is 29.6 Å².